The molecule has 0 saturated carbocycles. The van der Waals surface area contributed by atoms with Gasteiger partial charge in [-0.05, 0) is 11.6 Å². The van der Waals surface area contributed by atoms with E-state index in [4.69, 9.17) is 10.3 Å². The zero-order chi connectivity index (χ0) is 20.3. The number of hydrogen-bond donors (Lipinski definition) is 0. The molecule has 1 aromatic carbocycles. The van der Waals surface area contributed by atoms with Crippen molar-refractivity contribution in [3.05, 3.63) is 53.4 Å². The minimum absolute atomic E-state index is 0.00361. The fraction of sp³-hybridized carbons (Fsp3) is 0.353. The van der Waals surface area contributed by atoms with Gasteiger partial charge in [-0.3, -0.25) is 4.79 Å². The van der Waals surface area contributed by atoms with Gasteiger partial charge in [0, 0.05) is 27.2 Å². The molecule has 150 valence electrons. The zero-order valence-corrected chi connectivity index (χ0v) is 16.5. The highest BCUT2D eigenvalue weighted by molar-refractivity contribution is 7.86. The highest BCUT2D eigenvalue weighted by atomic mass is 32.2. The van der Waals surface area contributed by atoms with Gasteiger partial charge in [0.05, 0.1) is 17.9 Å². The second-order valence-corrected chi connectivity index (χ2v) is 8.53. The van der Waals surface area contributed by atoms with Crippen molar-refractivity contribution in [1.29, 1.82) is 0 Å². The topological polar surface area (TPSA) is 115 Å². The van der Waals surface area contributed by atoms with Gasteiger partial charge < -0.3 is 10.3 Å². The summed E-state index contributed by atoms with van der Waals surface area (Å²) >= 11 is 0. The average molecular weight is 406 g/mol. The Hall–Kier alpha value is -2.76. The van der Waals surface area contributed by atoms with E-state index in [1.807, 2.05) is 30.3 Å². The molecular formula is C17H22N6O4S. The molecule has 0 bridgehead atoms. The summed E-state index contributed by atoms with van der Waals surface area (Å²) in [4.78, 5) is 13.9. The molecule has 0 atom stereocenters. The first-order valence-corrected chi connectivity index (χ1v) is 10.0. The smallest absolute Gasteiger partial charge is 0.338 e. The number of carbonyl (C=O) groups is 1. The van der Waals surface area contributed by atoms with Crippen molar-refractivity contribution < 1.29 is 22.5 Å². The van der Waals surface area contributed by atoms with Crippen LogP contribution in [0.4, 0.5) is 5.88 Å². The number of hydrogen-bond acceptors (Lipinski definition) is 6. The molecule has 11 heteroatoms. The van der Waals surface area contributed by atoms with Crippen LogP contribution in [0, 0.1) is 0 Å². The molecule has 0 spiro atoms. The van der Waals surface area contributed by atoms with Gasteiger partial charge in [-0.15, -0.1) is 0 Å². The van der Waals surface area contributed by atoms with Gasteiger partial charge in [0.2, 0.25) is 5.27 Å². The van der Waals surface area contributed by atoms with Gasteiger partial charge in [-0.1, -0.05) is 36.4 Å². The summed E-state index contributed by atoms with van der Waals surface area (Å²) in [6, 6.07) is 9.32. The second kappa shape index (κ2) is 8.09. The molecule has 0 radical (unpaired) electrons. The standard InChI is InChI=1S/C17H22N6O4S/c1-20(2)28(25,26)22-12-10-21(11-13-22)23-16(17(18)27-19-23)15(24)9-8-14-6-4-3-5-7-14/h3-9H,10-13H2,1-2H3,(H-,18,19,24). The molecular weight excluding hydrogens is 384 g/mol. The number of nitrogens with one attached hydrogen (secondary N) is 1. The van der Waals surface area contributed by atoms with E-state index >= 15 is 0 Å². The van der Waals surface area contributed by atoms with E-state index in [9.17, 15) is 13.2 Å². The summed E-state index contributed by atoms with van der Waals surface area (Å²) in [6.07, 6.45) is 3.02. The number of ketones is 1. The van der Waals surface area contributed by atoms with Crippen molar-refractivity contribution in [2.45, 2.75) is 0 Å². The van der Waals surface area contributed by atoms with Crippen LogP contribution in [0.3, 0.4) is 0 Å². The van der Waals surface area contributed by atoms with Crippen LogP contribution >= 0.6 is 0 Å². The van der Waals surface area contributed by atoms with Gasteiger partial charge in [0.1, 0.15) is 5.88 Å². The van der Waals surface area contributed by atoms with E-state index in [1.54, 1.807) is 11.1 Å². The summed E-state index contributed by atoms with van der Waals surface area (Å²) in [5, 5.41) is 5.47. The Morgan fingerprint density at radius 2 is 1.86 bits per heavy atom. The number of benzene rings is 1. The third-order valence-corrected chi connectivity index (χ3v) is 6.30. The van der Waals surface area contributed by atoms with E-state index < -0.39 is 16.0 Å². The van der Waals surface area contributed by atoms with Gasteiger partial charge in [0.15, 0.2) is 0 Å². The molecule has 2 aromatic rings. The monoisotopic (exact) mass is 406 g/mol. The van der Waals surface area contributed by atoms with Crippen molar-refractivity contribution in [2.24, 2.45) is 0 Å². The van der Waals surface area contributed by atoms with Gasteiger partial charge in [0.25, 0.3) is 16.0 Å². The predicted octanol–water partition coefficient (Wildman–Crippen LogP) is 0.602. The lowest BCUT2D eigenvalue weighted by molar-refractivity contribution is -0.760. The van der Waals surface area contributed by atoms with Crippen LogP contribution in [0.25, 0.3) is 11.8 Å². The Morgan fingerprint density at radius 1 is 1.21 bits per heavy atom. The Kier molecular flexibility index (Phi) is 5.77. The number of nitrogens with zero attached hydrogens (tertiary/aromatic N) is 5. The van der Waals surface area contributed by atoms with Crippen LogP contribution in [0.15, 0.2) is 40.9 Å². The summed E-state index contributed by atoms with van der Waals surface area (Å²) in [5.74, 6) is -0.760. The number of piperazine rings is 1. The normalized spacial score (nSPS) is 16.2. The first-order chi connectivity index (χ1) is 13.3. The van der Waals surface area contributed by atoms with Crippen molar-refractivity contribution >= 4 is 28.0 Å². The first kappa shape index (κ1) is 20.0. The van der Waals surface area contributed by atoms with Gasteiger partial charge in [-0.25, -0.2) is 0 Å². The molecule has 2 heterocycles. The molecule has 1 aromatic heterocycles. The predicted molar refractivity (Wildman–Crippen MR) is 103 cm³/mol. The Labute approximate surface area is 163 Å². The maximum atomic E-state index is 12.6. The van der Waals surface area contributed by atoms with Crippen LogP contribution in [0.1, 0.15) is 16.1 Å². The number of aromatic nitrogens is 2. The van der Waals surface area contributed by atoms with E-state index in [1.165, 1.54) is 29.3 Å². The fourth-order valence-electron chi connectivity index (χ4n) is 2.80. The molecule has 3 rings (SSSR count). The summed E-state index contributed by atoms with van der Waals surface area (Å²) in [6.45, 7) is 1.10. The molecule has 1 aliphatic rings. The molecule has 0 unspecified atom stereocenters. The number of rotatable bonds is 6. The molecule has 0 aliphatic carbocycles. The number of allylic oxidation sites excluding steroid dienone is 1. The molecule has 1 fully saturated rings. The number of carbonyl (C=O) groups excluding carboxylic acids is 1. The molecule has 28 heavy (non-hydrogen) atoms. The maximum absolute atomic E-state index is 12.6. The highest BCUT2D eigenvalue weighted by Gasteiger charge is 2.36. The molecule has 10 nitrogen and oxygen atoms in total. The Bertz CT molecular complexity index is 963. The van der Waals surface area contributed by atoms with Crippen LogP contribution in [-0.4, -0.2) is 68.4 Å². The molecule has 1 aliphatic heterocycles. The third kappa shape index (κ3) is 4.06. The van der Waals surface area contributed by atoms with E-state index in [0.717, 1.165) is 9.87 Å². The molecule has 1 N–H and O–H groups in total. The minimum atomic E-state index is -3.49. The van der Waals surface area contributed by atoms with Crippen LogP contribution < -0.4 is 9.80 Å². The Morgan fingerprint density at radius 3 is 2.46 bits per heavy atom. The lowest BCUT2D eigenvalue weighted by atomic mass is 10.2. The van der Waals surface area contributed by atoms with Crippen molar-refractivity contribution in [1.82, 2.24) is 13.9 Å². The fourth-order valence-corrected chi connectivity index (χ4v) is 3.89. The third-order valence-electron chi connectivity index (χ3n) is 4.36. The Balaban J connectivity index is 1.75. The summed E-state index contributed by atoms with van der Waals surface area (Å²) in [5.41, 5.74) is 8.73. The van der Waals surface area contributed by atoms with Crippen molar-refractivity contribution in [3.8, 4) is 0 Å². The second-order valence-electron chi connectivity index (χ2n) is 6.39. The summed E-state index contributed by atoms with van der Waals surface area (Å²) < 4.78 is 31.9. The average Bonchev–Trinajstić information content (AvgIpc) is 3.08. The van der Waals surface area contributed by atoms with Crippen molar-refractivity contribution in [2.75, 3.05) is 45.3 Å². The zero-order valence-electron chi connectivity index (χ0n) is 15.6. The molecule has 0 amide bonds. The van der Waals surface area contributed by atoms with E-state index in [0.29, 0.717) is 13.1 Å². The summed E-state index contributed by atoms with van der Waals surface area (Å²) in [7, 11) is -0.529. The van der Waals surface area contributed by atoms with E-state index in [2.05, 4.69) is 5.27 Å². The van der Waals surface area contributed by atoms with Gasteiger partial charge in [-0.2, -0.15) is 22.0 Å². The SMILES string of the molecule is CN(C)S(=O)(=O)N1CCN([n+]2noc([NH-])c2C(=O)C=Cc2ccccc2)CC1. The molecule has 1 saturated heterocycles. The van der Waals surface area contributed by atoms with Gasteiger partial charge >= 0.3 is 5.69 Å². The highest BCUT2D eigenvalue weighted by Crippen LogP contribution is 2.16. The first-order valence-electron chi connectivity index (χ1n) is 8.64. The van der Waals surface area contributed by atoms with Crippen LogP contribution in [0.5, 0.6) is 0 Å². The van der Waals surface area contributed by atoms with Crippen molar-refractivity contribution in [3.63, 3.8) is 0 Å². The van der Waals surface area contributed by atoms with Crippen LogP contribution in [-0.2, 0) is 10.2 Å². The quantitative estimate of drug-likeness (QED) is 0.394. The lowest BCUT2D eigenvalue weighted by Crippen LogP contribution is -2.68. The lowest BCUT2D eigenvalue weighted by Gasteiger charge is -2.31. The minimum Gasteiger partial charge on any atom is -0.659 e. The van der Waals surface area contributed by atoms with E-state index in [-0.39, 0.29) is 24.7 Å². The maximum Gasteiger partial charge on any atom is 0.338 e. The largest absolute Gasteiger partial charge is 0.659 e. The van der Waals surface area contributed by atoms with Crippen LogP contribution in [0.2, 0.25) is 0 Å².